The molecule has 1 aromatic heterocycles. The molecule has 0 saturated carbocycles. The van der Waals surface area contributed by atoms with Crippen molar-refractivity contribution >= 4 is 29.1 Å². The second-order valence-electron chi connectivity index (χ2n) is 6.34. The first kappa shape index (κ1) is 21.2. The SMILES string of the molecule is N#Cc1cnc(NC(=O)Nc2ccc(CCNCc3ccc(F)cc3)c(Cl)c2)cn1. The molecule has 0 bridgehead atoms. The fraction of sp³-hybridized carbons (Fsp3) is 0.143. The second-order valence-corrected chi connectivity index (χ2v) is 6.74. The molecule has 3 N–H and O–H groups in total. The highest BCUT2D eigenvalue weighted by molar-refractivity contribution is 6.31. The number of nitriles is 1. The Bertz CT molecular complexity index is 1050. The zero-order valence-corrected chi connectivity index (χ0v) is 16.6. The van der Waals surface area contributed by atoms with Crippen molar-refractivity contribution in [3.63, 3.8) is 0 Å². The van der Waals surface area contributed by atoms with Gasteiger partial charge in [-0.2, -0.15) is 5.26 Å². The summed E-state index contributed by atoms with van der Waals surface area (Å²) in [5, 5.41) is 17.7. The Labute approximate surface area is 177 Å². The van der Waals surface area contributed by atoms with Gasteiger partial charge in [0.25, 0.3) is 0 Å². The molecule has 0 aliphatic heterocycles. The number of rotatable bonds is 7. The number of hydrogen-bond donors (Lipinski definition) is 3. The highest BCUT2D eigenvalue weighted by Crippen LogP contribution is 2.21. The van der Waals surface area contributed by atoms with Crippen LogP contribution < -0.4 is 16.0 Å². The predicted octanol–water partition coefficient (Wildman–Crippen LogP) is 4.12. The third-order valence-electron chi connectivity index (χ3n) is 4.13. The maximum absolute atomic E-state index is 12.9. The Morgan fingerprint density at radius 3 is 2.57 bits per heavy atom. The van der Waals surface area contributed by atoms with E-state index in [9.17, 15) is 9.18 Å². The zero-order chi connectivity index (χ0) is 21.3. The number of amides is 2. The summed E-state index contributed by atoms with van der Waals surface area (Å²) in [6.45, 7) is 1.33. The topological polar surface area (TPSA) is 103 Å². The third-order valence-corrected chi connectivity index (χ3v) is 4.48. The number of carbonyl (C=O) groups excluding carboxylic acids is 1. The van der Waals surface area contributed by atoms with Crippen molar-refractivity contribution in [3.05, 3.63) is 82.5 Å². The maximum Gasteiger partial charge on any atom is 0.324 e. The van der Waals surface area contributed by atoms with Gasteiger partial charge in [0.2, 0.25) is 0 Å². The molecule has 0 fully saturated rings. The number of nitrogens with zero attached hydrogens (tertiary/aromatic N) is 3. The third kappa shape index (κ3) is 6.24. The lowest BCUT2D eigenvalue weighted by molar-refractivity contribution is 0.262. The molecule has 0 atom stereocenters. The van der Waals surface area contributed by atoms with Crippen molar-refractivity contribution in [2.75, 3.05) is 17.2 Å². The second kappa shape index (κ2) is 10.3. The van der Waals surface area contributed by atoms with Crippen LogP contribution in [0.25, 0.3) is 0 Å². The summed E-state index contributed by atoms with van der Waals surface area (Å²) in [4.78, 5) is 19.8. The van der Waals surface area contributed by atoms with E-state index in [1.54, 1.807) is 24.3 Å². The van der Waals surface area contributed by atoms with E-state index >= 15 is 0 Å². The molecule has 0 aliphatic rings. The minimum Gasteiger partial charge on any atom is -0.312 e. The molecule has 3 aromatic rings. The average Bonchev–Trinajstić information content (AvgIpc) is 2.74. The Kier molecular flexibility index (Phi) is 7.27. The first-order valence-electron chi connectivity index (χ1n) is 9.07. The van der Waals surface area contributed by atoms with Gasteiger partial charge in [0.15, 0.2) is 11.5 Å². The van der Waals surface area contributed by atoms with Crippen molar-refractivity contribution in [1.29, 1.82) is 5.26 Å². The van der Waals surface area contributed by atoms with Crippen LogP contribution in [0, 0.1) is 17.1 Å². The number of nitrogens with one attached hydrogen (secondary N) is 3. The standard InChI is InChI=1S/C21H18ClFN6O/c22-19-9-17(28-21(30)29-20-13-26-18(10-24)12-27-20)6-3-15(19)7-8-25-11-14-1-4-16(23)5-2-14/h1-6,9,12-13,25H,7-8,11H2,(H2,27,28,29,30). The lowest BCUT2D eigenvalue weighted by Gasteiger charge is -2.10. The molecule has 3 rings (SSSR count). The van der Waals surface area contributed by atoms with E-state index in [1.807, 2.05) is 12.1 Å². The van der Waals surface area contributed by atoms with Gasteiger partial charge in [0, 0.05) is 17.3 Å². The molecular formula is C21H18ClFN6O. The molecule has 9 heteroatoms. The Morgan fingerprint density at radius 2 is 1.90 bits per heavy atom. The van der Waals surface area contributed by atoms with Crippen molar-refractivity contribution in [3.8, 4) is 6.07 Å². The monoisotopic (exact) mass is 424 g/mol. The van der Waals surface area contributed by atoms with Gasteiger partial charge in [-0.3, -0.25) is 5.32 Å². The minimum absolute atomic E-state index is 0.162. The van der Waals surface area contributed by atoms with E-state index in [4.69, 9.17) is 16.9 Å². The minimum atomic E-state index is -0.501. The Hall–Kier alpha value is -3.54. The van der Waals surface area contributed by atoms with Gasteiger partial charge in [-0.1, -0.05) is 29.8 Å². The summed E-state index contributed by atoms with van der Waals surface area (Å²) in [5.41, 5.74) is 2.63. The Balaban J connectivity index is 1.47. The number of hydrogen-bond acceptors (Lipinski definition) is 5. The summed E-state index contributed by atoms with van der Waals surface area (Å²) >= 11 is 6.33. The number of aromatic nitrogens is 2. The number of benzene rings is 2. The van der Waals surface area contributed by atoms with Gasteiger partial charge < -0.3 is 10.6 Å². The molecule has 7 nitrogen and oxygen atoms in total. The Morgan fingerprint density at radius 1 is 1.10 bits per heavy atom. The number of halogens is 2. The van der Waals surface area contributed by atoms with E-state index in [0.29, 0.717) is 30.2 Å². The van der Waals surface area contributed by atoms with Gasteiger partial charge in [-0.15, -0.1) is 0 Å². The maximum atomic E-state index is 12.9. The van der Waals surface area contributed by atoms with Crippen LogP contribution in [0.15, 0.2) is 54.9 Å². The number of anilines is 2. The van der Waals surface area contributed by atoms with E-state index in [0.717, 1.165) is 11.1 Å². The van der Waals surface area contributed by atoms with Crippen molar-refractivity contribution in [2.45, 2.75) is 13.0 Å². The summed E-state index contributed by atoms with van der Waals surface area (Å²) < 4.78 is 12.9. The molecule has 0 saturated heterocycles. The van der Waals surface area contributed by atoms with E-state index in [1.165, 1.54) is 24.5 Å². The van der Waals surface area contributed by atoms with Gasteiger partial charge in [0.05, 0.1) is 12.4 Å². The fourth-order valence-corrected chi connectivity index (χ4v) is 2.89. The first-order valence-corrected chi connectivity index (χ1v) is 9.45. The van der Waals surface area contributed by atoms with Crippen LogP contribution in [0.1, 0.15) is 16.8 Å². The summed E-state index contributed by atoms with van der Waals surface area (Å²) in [6, 6.07) is 13.0. The van der Waals surface area contributed by atoms with Crippen molar-refractivity contribution in [1.82, 2.24) is 15.3 Å². The van der Waals surface area contributed by atoms with Gasteiger partial charge >= 0.3 is 6.03 Å². The molecule has 30 heavy (non-hydrogen) atoms. The lowest BCUT2D eigenvalue weighted by atomic mass is 10.1. The first-order chi connectivity index (χ1) is 14.5. The molecule has 0 aliphatic carbocycles. The molecule has 0 spiro atoms. The van der Waals surface area contributed by atoms with E-state index in [2.05, 4.69) is 25.9 Å². The van der Waals surface area contributed by atoms with Crippen molar-refractivity contribution < 1.29 is 9.18 Å². The largest absolute Gasteiger partial charge is 0.324 e. The summed E-state index contributed by atoms with van der Waals surface area (Å²) in [6.07, 6.45) is 3.27. The highest BCUT2D eigenvalue weighted by Gasteiger charge is 2.07. The van der Waals surface area contributed by atoms with Crippen LogP contribution in [0.3, 0.4) is 0 Å². The fourth-order valence-electron chi connectivity index (χ4n) is 2.61. The van der Waals surface area contributed by atoms with Crippen LogP contribution in [0.2, 0.25) is 5.02 Å². The molecule has 1 heterocycles. The zero-order valence-electron chi connectivity index (χ0n) is 15.8. The average molecular weight is 425 g/mol. The van der Waals surface area contributed by atoms with Crippen LogP contribution in [-0.2, 0) is 13.0 Å². The van der Waals surface area contributed by atoms with Crippen molar-refractivity contribution in [2.24, 2.45) is 0 Å². The predicted molar refractivity (Wildman–Crippen MR) is 113 cm³/mol. The van der Waals surface area contributed by atoms with Gasteiger partial charge in [-0.05, 0) is 48.4 Å². The normalized spacial score (nSPS) is 10.3. The molecule has 0 radical (unpaired) electrons. The van der Waals surface area contributed by atoms with Gasteiger partial charge in [0.1, 0.15) is 11.9 Å². The van der Waals surface area contributed by atoms with E-state index in [-0.39, 0.29) is 17.3 Å². The molecule has 2 amide bonds. The number of urea groups is 1. The summed E-state index contributed by atoms with van der Waals surface area (Å²) in [5.74, 6) is -0.0285. The molecule has 152 valence electrons. The quantitative estimate of drug-likeness (QED) is 0.495. The van der Waals surface area contributed by atoms with Crippen LogP contribution >= 0.6 is 11.6 Å². The highest BCUT2D eigenvalue weighted by atomic mass is 35.5. The lowest BCUT2D eigenvalue weighted by Crippen LogP contribution is -2.20. The molecule has 2 aromatic carbocycles. The number of carbonyl (C=O) groups is 1. The smallest absolute Gasteiger partial charge is 0.312 e. The van der Waals surface area contributed by atoms with Crippen LogP contribution in [-0.4, -0.2) is 22.5 Å². The molecule has 0 unspecified atom stereocenters. The van der Waals surface area contributed by atoms with Gasteiger partial charge in [-0.25, -0.2) is 19.2 Å². The molecular weight excluding hydrogens is 407 g/mol. The van der Waals surface area contributed by atoms with E-state index < -0.39 is 6.03 Å². The van der Waals surface area contributed by atoms with Crippen LogP contribution in [0.4, 0.5) is 20.7 Å². The summed E-state index contributed by atoms with van der Waals surface area (Å²) in [7, 11) is 0. The van der Waals surface area contributed by atoms with Crippen LogP contribution in [0.5, 0.6) is 0 Å².